The van der Waals surface area contributed by atoms with Gasteiger partial charge in [0.2, 0.25) is 5.91 Å². The van der Waals surface area contributed by atoms with Crippen LogP contribution in [0.15, 0.2) is 0 Å². The van der Waals surface area contributed by atoms with Gasteiger partial charge in [0.15, 0.2) is 0 Å². The van der Waals surface area contributed by atoms with Crippen molar-refractivity contribution in [3.63, 3.8) is 0 Å². The molecule has 122 valence electrons. The largest absolute Gasteiger partial charge is 0.467 e. The summed E-state index contributed by atoms with van der Waals surface area (Å²) >= 11 is 0. The first-order valence-electron chi connectivity index (χ1n) is 7.62. The van der Waals surface area contributed by atoms with Gasteiger partial charge in [-0.05, 0) is 37.8 Å². The third-order valence-corrected chi connectivity index (χ3v) is 3.86. The lowest BCUT2D eigenvalue weighted by molar-refractivity contribution is -0.153. The topological polar surface area (TPSA) is 70.5 Å². The van der Waals surface area contributed by atoms with Crippen LogP contribution in [0.1, 0.15) is 47.0 Å². The van der Waals surface area contributed by atoms with Gasteiger partial charge in [0, 0.05) is 12.5 Å². The second-order valence-electron chi connectivity index (χ2n) is 6.19. The van der Waals surface area contributed by atoms with E-state index in [2.05, 4.69) is 34.4 Å². The SMILES string of the molecule is C=N.COC(=O)[C@@H]1CCCN1C(=O)C(CC(C)C)C(C)C. The Bertz CT molecular complexity index is 342. The maximum Gasteiger partial charge on any atom is 0.328 e. The lowest BCUT2D eigenvalue weighted by Crippen LogP contribution is -2.45. The molecular weight excluding hydrogens is 268 g/mol. The van der Waals surface area contributed by atoms with Gasteiger partial charge in [-0.1, -0.05) is 27.7 Å². The van der Waals surface area contributed by atoms with Crippen LogP contribution >= 0.6 is 0 Å². The molecule has 0 spiro atoms. The molecule has 1 aliphatic heterocycles. The molecule has 0 bridgehead atoms. The third-order valence-electron chi connectivity index (χ3n) is 3.86. The fraction of sp³-hybridized carbons (Fsp3) is 0.812. The number of carbonyl (C=O) groups excluding carboxylic acids is 2. The second kappa shape index (κ2) is 9.53. The molecule has 0 aromatic carbocycles. The monoisotopic (exact) mass is 298 g/mol. The molecule has 1 unspecified atom stereocenters. The predicted molar refractivity (Wildman–Crippen MR) is 84.4 cm³/mol. The molecule has 0 aliphatic carbocycles. The minimum absolute atomic E-state index is 0.00487. The summed E-state index contributed by atoms with van der Waals surface area (Å²) in [5.41, 5.74) is 0. The summed E-state index contributed by atoms with van der Waals surface area (Å²) in [7, 11) is 1.39. The van der Waals surface area contributed by atoms with Crippen molar-refractivity contribution in [1.82, 2.24) is 4.90 Å². The summed E-state index contributed by atoms with van der Waals surface area (Å²) in [4.78, 5) is 26.1. The van der Waals surface area contributed by atoms with Gasteiger partial charge in [-0.25, -0.2) is 4.79 Å². The number of nitrogens with one attached hydrogen (secondary N) is 1. The predicted octanol–water partition coefficient (Wildman–Crippen LogP) is 2.73. The summed E-state index contributed by atoms with van der Waals surface area (Å²) < 4.78 is 4.80. The summed E-state index contributed by atoms with van der Waals surface area (Å²) in [6.45, 7) is 11.6. The van der Waals surface area contributed by atoms with Gasteiger partial charge >= 0.3 is 5.97 Å². The zero-order chi connectivity index (χ0) is 16.6. The van der Waals surface area contributed by atoms with Gasteiger partial charge in [-0.3, -0.25) is 4.79 Å². The van der Waals surface area contributed by atoms with Crippen LogP contribution in [0.25, 0.3) is 0 Å². The summed E-state index contributed by atoms with van der Waals surface area (Å²) in [6.07, 6.45) is 2.49. The number of hydrogen-bond donors (Lipinski definition) is 1. The normalized spacial score (nSPS) is 19.2. The first-order chi connectivity index (χ1) is 9.88. The van der Waals surface area contributed by atoms with E-state index < -0.39 is 0 Å². The molecule has 1 fully saturated rings. The quantitative estimate of drug-likeness (QED) is 0.626. The van der Waals surface area contributed by atoms with Crippen molar-refractivity contribution in [2.45, 2.75) is 53.0 Å². The number of amides is 1. The molecule has 0 aromatic rings. The lowest BCUT2D eigenvalue weighted by atomic mass is 9.86. The Kier molecular flexibility index (Phi) is 8.90. The fourth-order valence-corrected chi connectivity index (χ4v) is 2.79. The number of likely N-dealkylation sites (tertiary alicyclic amines) is 1. The molecule has 1 saturated heterocycles. The van der Waals surface area contributed by atoms with Crippen LogP contribution in [0.5, 0.6) is 0 Å². The number of ether oxygens (including phenoxy) is 1. The molecular formula is C16H30N2O3. The van der Waals surface area contributed by atoms with Crippen LogP contribution in [0.4, 0.5) is 0 Å². The molecule has 5 nitrogen and oxygen atoms in total. The van der Waals surface area contributed by atoms with E-state index in [-0.39, 0.29) is 23.8 Å². The summed E-state index contributed by atoms with van der Waals surface area (Å²) in [5.74, 6) is 0.629. The Hall–Kier alpha value is -1.39. The smallest absolute Gasteiger partial charge is 0.328 e. The Morgan fingerprint density at radius 3 is 2.29 bits per heavy atom. The highest BCUT2D eigenvalue weighted by Crippen LogP contribution is 2.27. The van der Waals surface area contributed by atoms with E-state index in [9.17, 15) is 9.59 Å². The van der Waals surface area contributed by atoms with Crippen molar-refractivity contribution in [1.29, 1.82) is 5.41 Å². The van der Waals surface area contributed by atoms with E-state index in [4.69, 9.17) is 10.1 Å². The molecule has 1 heterocycles. The van der Waals surface area contributed by atoms with E-state index in [1.165, 1.54) is 7.11 Å². The van der Waals surface area contributed by atoms with Crippen LogP contribution in [0.2, 0.25) is 0 Å². The highest BCUT2D eigenvalue weighted by atomic mass is 16.5. The standard InChI is InChI=1S/C15H27NO3.CH3N/c1-10(2)9-12(11(3)4)14(17)16-8-6-7-13(16)15(18)19-5;1-2/h10-13H,6-9H2,1-5H3;2H,1H2/t12?,13-;/m0./s1. The van der Waals surface area contributed by atoms with Crippen LogP contribution in [0.3, 0.4) is 0 Å². The number of rotatable bonds is 5. The van der Waals surface area contributed by atoms with Crippen LogP contribution < -0.4 is 0 Å². The first-order valence-corrected chi connectivity index (χ1v) is 7.62. The molecule has 1 aliphatic rings. The fourth-order valence-electron chi connectivity index (χ4n) is 2.79. The molecule has 1 N–H and O–H groups in total. The molecule has 0 radical (unpaired) electrons. The lowest BCUT2D eigenvalue weighted by Gasteiger charge is -2.30. The number of hydrogen-bond acceptors (Lipinski definition) is 4. The highest BCUT2D eigenvalue weighted by molar-refractivity contribution is 5.86. The van der Waals surface area contributed by atoms with Crippen molar-refractivity contribution in [2.24, 2.45) is 17.8 Å². The number of carbonyl (C=O) groups is 2. The van der Waals surface area contributed by atoms with Crippen LogP contribution in [-0.2, 0) is 14.3 Å². The maximum absolute atomic E-state index is 12.7. The van der Waals surface area contributed by atoms with Crippen molar-refractivity contribution < 1.29 is 14.3 Å². The molecule has 2 atom stereocenters. The van der Waals surface area contributed by atoms with Crippen molar-refractivity contribution in [2.75, 3.05) is 13.7 Å². The Labute approximate surface area is 128 Å². The van der Waals surface area contributed by atoms with Crippen LogP contribution in [0, 0.1) is 23.2 Å². The van der Waals surface area contributed by atoms with Gasteiger partial charge in [-0.15, -0.1) is 0 Å². The Morgan fingerprint density at radius 1 is 1.29 bits per heavy atom. The van der Waals surface area contributed by atoms with Crippen LogP contribution in [-0.4, -0.2) is 43.2 Å². The Morgan fingerprint density at radius 2 is 1.86 bits per heavy atom. The molecule has 0 saturated carbocycles. The van der Waals surface area contributed by atoms with Crippen molar-refractivity contribution in [3.05, 3.63) is 0 Å². The van der Waals surface area contributed by atoms with E-state index in [0.29, 0.717) is 18.4 Å². The summed E-state index contributed by atoms with van der Waals surface area (Å²) in [5, 5.41) is 5.50. The maximum atomic E-state index is 12.7. The highest BCUT2D eigenvalue weighted by Gasteiger charge is 2.38. The van der Waals surface area contributed by atoms with Gasteiger partial charge in [0.05, 0.1) is 7.11 Å². The number of nitrogens with zero attached hydrogens (tertiary/aromatic N) is 1. The minimum atomic E-state index is -0.370. The molecule has 1 rings (SSSR count). The second-order valence-corrected chi connectivity index (χ2v) is 6.19. The van der Waals surface area contributed by atoms with Gasteiger partial charge in [0.1, 0.15) is 6.04 Å². The first kappa shape index (κ1) is 19.6. The number of esters is 1. The third kappa shape index (κ3) is 5.48. The molecule has 0 aromatic heterocycles. The Balaban J connectivity index is 0.00000191. The van der Waals surface area contributed by atoms with Crippen molar-refractivity contribution in [3.8, 4) is 0 Å². The summed E-state index contributed by atoms with van der Waals surface area (Å²) in [6, 6.07) is -0.370. The van der Waals surface area contributed by atoms with E-state index >= 15 is 0 Å². The van der Waals surface area contributed by atoms with Gasteiger partial charge in [0.25, 0.3) is 0 Å². The van der Waals surface area contributed by atoms with Crippen molar-refractivity contribution >= 4 is 18.6 Å². The average Bonchev–Trinajstić information content (AvgIpc) is 2.94. The van der Waals surface area contributed by atoms with E-state index in [0.717, 1.165) is 19.3 Å². The average molecular weight is 298 g/mol. The van der Waals surface area contributed by atoms with Gasteiger partial charge < -0.3 is 15.0 Å². The molecule has 1 amide bonds. The minimum Gasteiger partial charge on any atom is -0.467 e. The number of methoxy groups -OCH3 is 1. The zero-order valence-electron chi connectivity index (χ0n) is 14.0. The molecule has 21 heavy (non-hydrogen) atoms. The van der Waals surface area contributed by atoms with Gasteiger partial charge in [-0.2, -0.15) is 0 Å². The molecule has 5 heteroatoms. The zero-order valence-corrected chi connectivity index (χ0v) is 14.0. The van der Waals surface area contributed by atoms with E-state index in [1.54, 1.807) is 4.90 Å². The van der Waals surface area contributed by atoms with E-state index in [1.807, 2.05) is 0 Å².